The maximum Gasteiger partial charge on any atom is 0.155 e. The smallest absolute Gasteiger partial charge is 0.155 e. The van der Waals surface area contributed by atoms with Crippen LogP contribution in [-0.4, -0.2) is 27.7 Å². The van der Waals surface area contributed by atoms with Crippen molar-refractivity contribution >= 4 is 16.8 Å². The van der Waals surface area contributed by atoms with E-state index in [9.17, 15) is 0 Å². The first-order chi connectivity index (χ1) is 15.4. The number of nitrogens with zero attached hydrogens (tertiary/aromatic N) is 3. The highest BCUT2D eigenvalue weighted by Gasteiger charge is 2.21. The minimum Gasteiger partial charge on any atom is -0.317 e. The SMILES string of the molecule is CCC/C(=C(\c1cc(C2CCNCC2)ccc1C)C(C)C)c1cn2nc(C)nc2cc1C. The second kappa shape index (κ2) is 9.58. The third-order valence-electron chi connectivity index (χ3n) is 6.88. The van der Waals surface area contributed by atoms with Crippen molar-refractivity contribution in [3.05, 3.63) is 64.1 Å². The van der Waals surface area contributed by atoms with Gasteiger partial charge in [0.15, 0.2) is 5.65 Å². The highest BCUT2D eigenvalue weighted by Crippen LogP contribution is 2.39. The first kappa shape index (κ1) is 22.7. The van der Waals surface area contributed by atoms with Gasteiger partial charge in [0, 0.05) is 6.20 Å². The monoisotopic (exact) mass is 430 g/mol. The van der Waals surface area contributed by atoms with Crippen molar-refractivity contribution in [3.8, 4) is 0 Å². The van der Waals surface area contributed by atoms with Gasteiger partial charge in [-0.1, -0.05) is 45.4 Å². The molecule has 1 aliphatic heterocycles. The van der Waals surface area contributed by atoms with Crippen LogP contribution in [0.25, 0.3) is 16.8 Å². The van der Waals surface area contributed by atoms with Gasteiger partial charge in [0.25, 0.3) is 0 Å². The van der Waals surface area contributed by atoms with E-state index >= 15 is 0 Å². The molecule has 4 rings (SSSR count). The molecule has 0 bridgehead atoms. The fourth-order valence-electron chi connectivity index (χ4n) is 5.28. The predicted octanol–water partition coefficient (Wildman–Crippen LogP) is 6.49. The summed E-state index contributed by atoms with van der Waals surface area (Å²) in [7, 11) is 0. The lowest BCUT2D eigenvalue weighted by atomic mass is 9.81. The van der Waals surface area contributed by atoms with Crippen LogP contribution < -0.4 is 5.32 Å². The molecule has 170 valence electrons. The minimum absolute atomic E-state index is 0.436. The Hall–Kier alpha value is -2.46. The van der Waals surface area contributed by atoms with Crippen molar-refractivity contribution in [3.63, 3.8) is 0 Å². The van der Waals surface area contributed by atoms with Crippen LogP contribution in [0.4, 0.5) is 0 Å². The summed E-state index contributed by atoms with van der Waals surface area (Å²) in [6.07, 6.45) is 6.83. The summed E-state index contributed by atoms with van der Waals surface area (Å²) in [4.78, 5) is 4.57. The molecule has 0 aliphatic carbocycles. The number of piperidine rings is 1. The molecule has 0 spiro atoms. The lowest BCUT2D eigenvalue weighted by molar-refractivity contribution is 0.460. The molecule has 0 radical (unpaired) electrons. The van der Waals surface area contributed by atoms with E-state index in [-0.39, 0.29) is 0 Å². The molecular formula is C28H38N4. The average Bonchev–Trinajstić information content (AvgIpc) is 3.13. The van der Waals surface area contributed by atoms with Crippen LogP contribution in [-0.2, 0) is 0 Å². The normalized spacial score (nSPS) is 16.1. The third-order valence-corrected chi connectivity index (χ3v) is 6.88. The highest BCUT2D eigenvalue weighted by molar-refractivity contribution is 5.93. The van der Waals surface area contributed by atoms with Gasteiger partial charge in [0.2, 0.25) is 0 Å². The second-order valence-corrected chi connectivity index (χ2v) is 9.73. The Morgan fingerprint density at radius 1 is 1.06 bits per heavy atom. The number of aromatic nitrogens is 3. The highest BCUT2D eigenvalue weighted by atomic mass is 15.3. The van der Waals surface area contributed by atoms with Crippen LogP contribution in [0.1, 0.15) is 86.0 Å². The van der Waals surface area contributed by atoms with E-state index in [1.807, 2.05) is 11.4 Å². The summed E-state index contributed by atoms with van der Waals surface area (Å²) < 4.78 is 1.95. The van der Waals surface area contributed by atoms with Crippen molar-refractivity contribution in [1.82, 2.24) is 19.9 Å². The molecule has 2 aromatic heterocycles. The van der Waals surface area contributed by atoms with Gasteiger partial charge in [-0.05, 0) is 110 Å². The maximum absolute atomic E-state index is 4.60. The van der Waals surface area contributed by atoms with E-state index in [1.165, 1.54) is 51.8 Å². The van der Waals surface area contributed by atoms with E-state index < -0.39 is 0 Å². The van der Waals surface area contributed by atoms with Gasteiger partial charge >= 0.3 is 0 Å². The zero-order valence-corrected chi connectivity index (χ0v) is 20.6. The molecule has 4 heteroatoms. The number of fused-ring (bicyclic) bond motifs is 1. The van der Waals surface area contributed by atoms with Crippen molar-refractivity contribution in [1.29, 1.82) is 0 Å². The molecule has 1 N–H and O–H groups in total. The molecule has 0 saturated carbocycles. The summed E-state index contributed by atoms with van der Waals surface area (Å²) >= 11 is 0. The summed E-state index contributed by atoms with van der Waals surface area (Å²) in [5.41, 5.74) is 10.7. The first-order valence-electron chi connectivity index (χ1n) is 12.3. The van der Waals surface area contributed by atoms with Gasteiger partial charge in [-0.25, -0.2) is 9.50 Å². The lowest BCUT2D eigenvalue weighted by Gasteiger charge is -2.26. The number of rotatable bonds is 6. The first-order valence-corrected chi connectivity index (χ1v) is 12.3. The Bertz CT molecular complexity index is 1130. The number of hydrogen-bond donors (Lipinski definition) is 1. The molecule has 0 amide bonds. The van der Waals surface area contributed by atoms with Gasteiger partial charge in [-0.3, -0.25) is 0 Å². The molecular weight excluding hydrogens is 392 g/mol. The molecule has 3 heterocycles. The minimum atomic E-state index is 0.436. The Morgan fingerprint density at radius 3 is 2.50 bits per heavy atom. The fourth-order valence-corrected chi connectivity index (χ4v) is 5.28. The van der Waals surface area contributed by atoms with E-state index in [4.69, 9.17) is 0 Å². The Balaban J connectivity index is 1.91. The largest absolute Gasteiger partial charge is 0.317 e. The van der Waals surface area contributed by atoms with Crippen molar-refractivity contribution in [2.45, 2.75) is 73.1 Å². The third kappa shape index (κ3) is 4.52. The van der Waals surface area contributed by atoms with E-state index in [2.05, 4.69) is 80.5 Å². The van der Waals surface area contributed by atoms with Gasteiger partial charge in [-0.2, -0.15) is 5.10 Å². The molecule has 32 heavy (non-hydrogen) atoms. The number of aryl methyl sites for hydroxylation is 3. The van der Waals surface area contributed by atoms with Crippen LogP contribution in [0, 0.1) is 26.7 Å². The number of allylic oxidation sites excluding steroid dienone is 2. The van der Waals surface area contributed by atoms with E-state index in [1.54, 1.807) is 0 Å². The molecule has 1 aromatic carbocycles. The molecule has 1 saturated heterocycles. The summed E-state index contributed by atoms with van der Waals surface area (Å²) in [6.45, 7) is 15.7. The predicted molar refractivity (Wildman–Crippen MR) is 135 cm³/mol. The van der Waals surface area contributed by atoms with Crippen LogP contribution in [0.5, 0.6) is 0 Å². The number of pyridine rings is 1. The van der Waals surface area contributed by atoms with Gasteiger partial charge in [0.1, 0.15) is 5.82 Å². The topological polar surface area (TPSA) is 42.2 Å². The maximum atomic E-state index is 4.60. The number of nitrogens with one attached hydrogen (secondary N) is 1. The van der Waals surface area contributed by atoms with Crippen LogP contribution in [0.15, 0.2) is 30.5 Å². The van der Waals surface area contributed by atoms with Crippen LogP contribution in [0.2, 0.25) is 0 Å². The molecule has 4 nitrogen and oxygen atoms in total. The van der Waals surface area contributed by atoms with Gasteiger partial charge in [0.05, 0.1) is 0 Å². The van der Waals surface area contributed by atoms with Gasteiger partial charge < -0.3 is 5.32 Å². The molecule has 0 atom stereocenters. The van der Waals surface area contributed by atoms with E-state index in [0.29, 0.717) is 11.8 Å². The quantitative estimate of drug-likeness (QED) is 0.486. The number of benzene rings is 1. The summed E-state index contributed by atoms with van der Waals surface area (Å²) in [5, 5.41) is 8.11. The van der Waals surface area contributed by atoms with Crippen LogP contribution >= 0.6 is 0 Å². The van der Waals surface area contributed by atoms with Crippen molar-refractivity contribution in [2.75, 3.05) is 13.1 Å². The Labute approximate surface area is 193 Å². The fraction of sp³-hybridized carbons (Fsp3) is 0.500. The molecule has 1 aliphatic rings. The van der Waals surface area contributed by atoms with Gasteiger partial charge in [-0.15, -0.1) is 0 Å². The summed E-state index contributed by atoms with van der Waals surface area (Å²) in [6, 6.07) is 9.39. The van der Waals surface area contributed by atoms with Crippen molar-refractivity contribution in [2.24, 2.45) is 5.92 Å². The zero-order chi connectivity index (χ0) is 22.8. The van der Waals surface area contributed by atoms with E-state index in [0.717, 1.165) is 37.4 Å². The Kier molecular flexibility index (Phi) is 6.80. The van der Waals surface area contributed by atoms with Crippen molar-refractivity contribution < 1.29 is 0 Å². The molecule has 3 aromatic rings. The molecule has 0 unspecified atom stereocenters. The average molecular weight is 431 g/mol. The number of hydrogen-bond acceptors (Lipinski definition) is 3. The van der Waals surface area contributed by atoms with Crippen LogP contribution in [0.3, 0.4) is 0 Å². The zero-order valence-electron chi connectivity index (χ0n) is 20.6. The molecule has 1 fully saturated rings. The summed E-state index contributed by atoms with van der Waals surface area (Å²) in [5.74, 6) is 1.91. The standard InChI is InChI=1S/C28H38N4/c1-7-8-24(26-17-32-27(15-20(26)5)30-21(6)31-32)28(18(2)3)25-16-23(10-9-19(25)4)22-11-13-29-14-12-22/h9-10,15-18,22,29H,7-8,11-14H2,1-6H3/b28-24+. The second-order valence-electron chi connectivity index (χ2n) is 9.73. The lowest BCUT2D eigenvalue weighted by Crippen LogP contribution is -2.26. The Morgan fingerprint density at radius 2 is 1.81 bits per heavy atom.